The molecular formula is C22H26ClN3O3S. The maximum absolute atomic E-state index is 12.7. The number of aryl methyl sites for hydroxylation is 1. The van der Waals surface area contributed by atoms with Gasteiger partial charge in [-0.2, -0.15) is 0 Å². The number of likely N-dealkylation sites (tertiary alicyclic amines) is 1. The van der Waals surface area contributed by atoms with Crippen molar-refractivity contribution in [2.45, 2.75) is 25.5 Å². The first-order chi connectivity index (χ1) is 14.3. The Kier molecular flexibility index (Phi) is 7.50. The summed E-state index contributed by atoms with van der Waals surface area (Å²) >= 11 is 6.15. The van der Waals surface area contributed by atoms with Crippen LogP contribution in [0.4, 0.5) is 16.2 Å². The topological polar surface area (TPSA) is 78.5 Å². The lowest BCUT2D eigenvalue weighted by Gasteiger charge is -2.31. The van der Waals surface area contributed by atoms with Crippen LogP contribution in [0.1, 0.15) is 24.0 Å². The number of hydrogen-bond donors (Lipinski definition) is 2. The SMILES string of the molecule is Cc1cccc(NC(=O)N2CCC(C(=O)Nc3ccc(Cl)c(CS(C)=O)c3)CC2)c1. The van der Waals surface area contributed by atoms with Gasteiger partial charge in [-0.3, -0.25) is 9.00 Å². The van der Waals surface area contributed by atoms with Crippen LogP contribution in [0.3, 0.4) is 0 Å². The number of amides is 3. The van der Waals surface area contributed by atoms with Crippen LogP contribution in [-0.4, -0.2) is 40.4 Å². The van der Waals surface area contributed by atoms with Gasteiger partial charge in [0.1, 0.15) is 0 Å². The van der Waals surface area contributed by atoms with Crippen LogP contribution in [0.5, 0.6) is 0 Å². The Balaban J connectivity index is 1.53. The molecule has 2 aromatic rings. The minimum Gasteiger partial charge on any atom is -0.326 e. The molecule has 0 radical (unpaired) electrons. The number of carbonyl (C=O) groups is 2. The van der Waals surface area contributed by atoms with Crippen molar-refractivity contribution in [2.75, 3.05) is 30.0 Å². The van der Waals surface area contributed by atoms with Crippen molar-refractivity contribution in [3.63, 3.8) is 0 Å². The van der Waals surface area contributed by atoms with Crippen molar-refractivity contribution < 1.29 is 13.8 Å². The second kappa shape index (κ2) is 10.1. The standard InChI is InChI=1S/C22H26ClN3O3S/c1-15-4-3-5-18(12-15)25-22(28)26-10-8-16(9-11-26)21(27)24-19-6-7-20(23)17(13-19)14-30(2)29/h3-7,12-13,16H,8-11,14H2,1-2H3,(H,24,27)(H,25,28). The summed E-state index contributed by atoms with van der Waals surface area (Å²) in [5.74, 6) is 0.115. The molecule has 1 atom stereocenters. The lowest BCUT2D eigenvalue weighted by molar-refractivity contribution is -0.121. The molecule has 0 bridgehead atoms. The second-order valence-electron chi connectivity index (χ2n) is 7.57. The highest BCUT2D eigenvalue weighted by molar-refractivity contribution is 7.83. The number of carbonyl (C=O) groups excluding carboxylic acids is 2. The van der Waals surface area contributed by atoms with E-state index in [-0.39, 0.29) is 17.9 Å². The van der Waals surface area contributed by atoms with E-state index in [9.17, 15) is 13.8 Å². The zero-order valence-corrected chi connectivity index (χ0v) is 18.7. The average molecular weight is 448 g/mol. The second-order valence-corrected chi connectivity index (χ2v) is 9.42. The monoisotopic (exact) mass is 447 g/mol. The van der Waals surface area contributed by atoms with E-state index in [0.717, 1.165) is 16.8 Å². The van der Waals surface area contributed by atoms with E-state index in [4.69, 9.17) is 11.6 Å². The van der Waals surface area contributed by atoms with Crippen molar-refractivity contribution >= 4 is 45.7 Å². The van der Waals surface area contributed by atoms with Gasteiger partial charge in [0, 0.05) is 58.2 Å². The van der Waals surface area contributed by atoms with Gasteiger partial charge >= 0.3 is 6.03 Å². The molecule has 6 nitrogen and oxygen atoms in total. The van der Waals surface area contributed by atoms with Gasteiger partial charge in [-0.05, 0) is 61.2 Å². The van der Waals surface area contributed by atoms with E-state index in [0.29, 0.717) is 42.4 Å². The third-order valence-corrected chi connectivity index (χ3v) is 6.18. The van der Waals surface area contributed by atoms with Gasteiger partial charge in [0.05, 0.1) is 0 Å². The van der Waals surface area contributed by atoms with Crippen molar-refractivity contribution in [3.8, 4) is 0 Å². The number of hydrogen-bond acceptors (Lipinski definition) is 3. The van der Waals surface area contributed by atoms with E-state index in [1.807, 2.05) is 31.2 Å². The summed E-state index contributed by atoms with van der Waals surface area (Å²) in [6, 6.07) is 12.7. The largest absolute Gasteiger partial charge is 0.326 e. The zero-order valence-electron chi connectivity index (χ0n) is 17.1. The van der Waals surface area contributed by atoms with Gasteiger partial charge in [-0.1, -0.05) is 23.7 Å². The van der Waals surface area contributed by atoms with Crippen molar-refractivity contribution in [2.24, 2.45) is 5.92 Å². The van der Waals surface area contributed by atoms with Crippen LogP contribution in [0.25, 0.3) is 0 Å². The molecule has 1 unspecified atom stereocenters. The fourth-order valence-corrected chi connectivity index (χ4v) is 4.44. The third-order valence-electron chi connectivity index (χ3n) is 5.09. The first kappa shape index (κ1) is 22.3. The van der Waals surface area contributed by atoms with Crippen LogP contribution in [0.15, 0.2) is 42.5 Å². The van der Waals surface area contributed by atoms with Crippen LogP contribution in [-0.2, 0) is 21.3 Å². The Morgan fingerprint density at radius 1 is 1.10 bits per heavy atom. The molecule has 2 N–H and O–H groups in total. The van der Waals surface area contributed by atoms with E-state index in [2.05, 4.69) is 10.6 Å². The number of rotatable bonds is 5. The summed E-state index contributed by atoms with van der Waals surface area (Å²) in [5, 5.41) is 6.38. The van der Waals surface area contributed by atoms with Crippen LogP contribution in [0.2, 0.25) is 5.02 Å². The Morgan fingerprint density at radius 3 is 2.47 bits per heavy atom. The van der Waals surface area contributed by atoms with Crippen molar-refractivity contribution in [1.29, 1.82) is 0 Å². The molecule has 30 heavy (non-hydrogen) atoms. The Labute approximate surface area is 184 Å². The van der Waals surface area contributed by atoms with Crippen molar-refractivity contribution in [1.82, 2.24) is 4.90 Å². The predicted molar refractivity (Wildman–Crippen MR) is 122 cm³/mol. The maximum Gasteiger partial charge on any atom is 0.321 e. The smallest absolute Gasteiger partial charge is 0.321 e. The molecule has 160 valence electrons. The molecule has 3 rings (SSSR count). The summed E-state index contributed by atoms with van der Waals surface area (Å²) in [7, 11) is -1.02. The fraction of sp³-hybridized carbons (Fsp3) is 0.364. The molecule has 0 spiro atoms. The molecule has 0 aliphatic carbocycles. The number of urea groups is 1. The Bertz CT molecular complexity index is 958. The van der Waals surface area contributed by atoms with E-state index in [1.165, 1.54) is 0 Å². The maximum atomic E-state index is 12.7. The highest BCUT2D eigenvalue weighted by Crippen LogP contribution is 2.24. The highest BCUT2D eigenvalue weighted by Gasteiger charge is 2.27. The first-order valence-electron chi connectivity index (χ1n) is 9.84. The minimum absolute atomic E-state index is 0.0698. The van der Waals surface area contributed by atoms with Crippen LogP contribution in [0, 0.1) is 12.8 Å². The molecule has 3 amide bonds. The molecular weight excluding hydrogens is 422 g/mol. The molecule has 1 fully saturated rings. The summed E-state index contributed by atoms with van der Waals surface area (Å²) in [4.78, 5) is 26.9. The van der Waals surface area contributed by atoms with Crippen LogP contribution < -0.4 is 10.6 Å². The van der Waals surface area contributed by atoms with Crippen molar-refractivity contribution in [3.05, 3.63) is 58.6 Å². The highest BCUT2D eigenvalue weighted by atomic mass is 35.5. The van der Waals surface area contributed by atoms with E-state index >= 15 is 0 Å². The lowest BCUT2D eigenvalue weighted by Crippen LogP contribution is -2.43. The quantitative estimate of drug-likeness (QED) is 0.712. The van der Waals surface area contributed by atoms with Crippen LogP contribution >= 0.6 is 11.6 Å². The number of nitrogens with zero attached hydrogens (tertiary/aromatic N) is 1. The number of benzene rings is 2. The molecule has 8 heteroatoms. The molecule has 1 saturated heterocycles. The number of anilines is 2. The summed E-state index contributed by atoms with van der Waals surface area (Å²) in [5.41, 5.74) is 3.24. The van der Waals surface area contributed by atoms with Gasteiger partial charge in [0.2, 0.25) is 5.91 Å². The van der Waals surface area contributed by atoms with Gasteiger partial charge in [-0.15, -0.1) is 0 Å². The zero-order chi connectivity index (χ0) is 21.7. The van der Waals surface area contributed by atoms with E-state index < -0.39 is 10.8 Å². The average Bonchev–Trinajstić information content (AvgIpc) is 2.70. The number of nitrogens with one attached hydrogen (secondary N) is 2. The van der Waals surface area contributed by atoms with Gasteiger partial charge in [0.15, 0.2) is 0 Å². The molecule has 0 saturated carbocycles. The van der Waals surface area contributed by atoms with Gasteiger partial charge < -0.3 is 15.5 Å². The predicted octanol–water partition coefficient (Wildman–Crippen LogP) is 4.41. The molecule has 1 aliphatic heterocycles. The first-order valence-corrected chi connectivity index (χ1v) is 11.9. The minimum atomic E-state index is -1.02. The molecule has 2 aromatic carbocycles. The fourth-order valence-electron chi connectivity index (χ4n) is 3.50. The van der Waals surface area contributed by atoms with Gasteiger partial charge in [0.25, 0.3) is 0 Å². The Morgan fingerprint density at radius 2 is 1.80 bits per heavy atom. The Hall–Kier alpha value is -2.38. The molecule has 0 aromatic heterocycles. The molecule has 1 aliphatic rings. The number of halogens is 1. The summed E-state index contributed by atoms with van der Waals surface area (Å²) in [6.45, 7) is 3.03. The third kappa shape index (κ3) is 6.06. The lowest BCUT2D eigenvalue weighted by atomic mass is 9.96. The normalized spacial score (nSPS) is 15.5. The number of piperidine rings is 1. The molecule has 1 heterocycles. The van der Waals surface area contributed by atoms with Gasteiger partial charge in [-0.25, -0.2) is 4.79 Å². The van der Waals surface area contributed by atoms with E-state index in [1.54, 1.807) is 29.4 Å². The summed E-state index contributed by atoms with van der Waals surface area (Å²) in [6.07, 6.45) is 2.82. The summed E-state index contributed by atoms with van der Waals surface area (Å²) < 4.78 is 11.5.